The number of carbonyl (C=O) groups is 1. The van der Waals surface area contributed by atoms with Gasteiger partial charge in [-0.2, -0.15) is 5.26 Å². The second kappa shape index (κ2) is 4.93. The maximum Gasteiger partial charge on any atom is 0.324 e. The number of hydrogen-bond acceptors (Lipinski definition) is 3. The predicted octanol–water partition coefficient (Wildman–Crippen LogP) is 1.43. The Morgan fingerprint density at radius 3 is 2.71 bits per heavy atom. The number of nitrogens with zero attached hydrogens (tertiary/aromatic N) is 1. The Balaban J connectivity index is 3.00. The molecule has 1 unspecified atom stereocenters. The largest absolute Gasteiger partial charge is 0.480 e. The Labute approximate surface area is 98.5 Å². The molecule has 1 rings (SSSR count). The van der Waals surface area contributed by atoms with Gasteiger partial charge in [-0.1, -0.05) is 13.0 Å². The second-order valence-electron chi connectivity index (χ2n) is 3.92. The summed E-state index contributed by atoms with van der Waals surface area (Å²) in [5.74, 6) is -1.78. The molecule has 0 aromatic heterocycles. The van der Waals surface area contributed by atoms with Gasteiger partial charge in [0.15, 0.2) is 0 Å². The number of aliphatic carboxylic acids is 1. The molecule has 1 aromatic rings. The average molecular weight is 236 g/mol. The highest BCUT2D eigenvalue weighted by Gasteiger charge is 2.32. The van der Waals surface area contributed by atoms with Gasteiger partial charge in [0.25, 0.3) is 0 Å². The van der Waals surface area contributed by atoms with Crippen molar-refractivity contribution in [2.75, 3.05) is 0 Å². The number of nitriles is 1. The van der Waals surface area contributed by atoms with Crippen molar-refractivity contribution in [3.05, 3.63) is 35.1 Å². The van der Waals surface area contributed by atoms with Crippen LogP contribution in [0.4, 0.5) is 4.39 Å². The minimum absolute atomic E-state index is 0.0292. The topological polar surface area (TPSA) is 87.1 Å². The molecule has 0 bridgehead atoms. The molecule has 17 heavy (non-hydrogen) atoms. The second-order valence-corrected chi connectivity index (χ2v) is 3.92. The molecule has 3 N–H and O–H groups in total. The lowest BCUT2D eigenvalue weighted by Gasteiger charge is -2.22. The Morgan fingerprint density at radius 1 is 1.65 bits per heavy atom. The van der Waals surface area contributed by atoms with Crippen LogP contribution in [0.25, 0.3) is 0 Å². The van der Waals surface area contributed by atoms with E-state index in [1.165, 1.54) is 12.1 Å². The molecule has 5 heteroatoms. The van der Waals surface area contributed by atoms with E-state index in [1.54, 1.807) is 13.0 Å². The van der Waals surface area contributed by atoms with Gasteiger partial charge in [0.1, 0.15) is 17.4 Å². The molecule has 0 saturated carbocycles. The van der Waals surface area contributed by atoms with Crippen molar-refractivity contribution in [3.8, 4) is 6.07 Å². The molecule has 0 aliphatic carbocycles. The van der Waals surface area contributed by atoms with Gasteiger partial charge in [-0.3, -0.25) is 4.79 Å². The average Bonchev–Trinajstić information content (AvgIpc) is 2.29. The molecule has 0 saturated heterocycles. The molecule has 0 heterocycles. The van der Waals surface area contributed by atoms with Crippen LogP contribution in [0.3, 0.4) is 0 Å². The summed E-state index contributed by atoms with van der Waals surface area (Å²) in [7, 11) is 0. The Morgan fingerprint density at radius 2 is 2.29 bits per heavy atom. The monoisotopic (exact) mass is 236 g/mol. The molecule has 0 radical (unpaired) electrons. The SMILES string of the molecule is CCC(N)(Cc1ccc(C#N)c(F)c1)C(=O)O. The van der Waals surface area contributed by atoms with Gasteiger partial charge in [0.2, 0.25) is 0 Å². The number of nitrogens with two attached hydrogens (primary N) is 1. The number of rotatable bonds is 4. The summed E-state index contributed by atoms with van der Waals surface area (Å²) in [5.41, 5.74) is 4.70. The number of halogens is 1. The normalized spacial score (nSPS) is 13.8. The fraction of sp³-hybridized carbons (Fsp3) is 0.333. The Hall–Kier alpha value is -1.93. The summed E-state index contributed by atoms with van der Waals surface area (Å²) in [6.07, 6.45) is 0.269. The van der Waals surface area contributed by atoms with Gasteiger partial charge in [-0.05, 0) is 24.1 Å². The van der Waals surface area contributed by atoms with E-state index >= 15 is 0 Å². The van der Waals surface area contributed by atoms with Gasteiger partial charge in [-0.15, -0.1) is 0 Å². The summed E-state index contributed by atoms with van der Waals surface area (Å²) in [4.78, 5) is 11.0. The van der Waals surface area contributed by atoms with Crippen LogP contribution in [0.1, 0.15) is 24.5 Å². The van der Waals surface area contributed by atoms with E-state index in [4.69, 9.17) is 16.1 Å². The van der Waals surface area contributed by atoms with Gasteiger partial charge in [0, 0.05) is 6.42 Å². The van der Waals surface area contributed by atoms with E-state index in [0.717, 1.165) is 6.07 Å². The van der Waals surface area contributed by atoms with Crippen LogP contribution in [0.5, 0.6) is 0 Å². The van der Waals surface area contributed by atoms with Gasteiger partial charge >= 0.3 is 5.97 Å². The molecule has 1 atom stereocenters. The number of carboxylic acids is 1. The first kappa shape index (κ1) is 13.1. The zero-order chi connectivity index (χ0) is 13.1. The standard InChI is InChI=1S/C12H13FN2O2/c1-2-12(15,11(16)17)6-8-3-4-9(7-14)10(13)5-8/h3-5H,2,6,15H2,1H3,(H,16,17). The van der Waals surface area contributed by atoms with Crippen LogP contribution < -0.4 is 5.73 Å². The zero-order valence-corrected chi connectivity index (χ0v) is 9.40. The first-order chi connectivity index (χ1) is 7.92. The molecule has 0 aliphatic rings. The minimum Gasteiger partial charge on any atom is -0.480 e. The van der Waals surface area contributed by atoms with E-state index in [2.05, 4.69) is 0 Å². The van der Waals surface area contributed by atoms with E-state index in [9.17, 15) is 9.18 Å². The fourth-order valence-corrected chi connectivity index (χ4v) is 1.48. The summed E-state index contributed by atoms with van der Waals surface area (Å²) in [6.45, 7) is 1.66. The molecule has 0 aliphatic heterocycles. The van der Waals surface area contributed by atoms with Crippen LogP contribution >= 0.6 is 0 Å². The third-order valence-electron chi connectivity index (χ3n) is 2.73. The quantitative estimate of drug-likeness (QED) is 0.827. The van der Waals surface area contributed by atoms with Gasteiger partial charge in [-0.25, -0.2) is 4.39 Å². The van der Waals surface area contributed by atoms with Gasteiger partial charge < -0.3 is 10.8 Å². The van der Waals surface area contributed by atoms with E-state index < -0.39 is 17.3 Å². The van der Waals surface area contributed by atoms with Crippen LogP contribution in [-0.4, -0.2) is 16.6 Å². The highest BCUT2D eigenvalue weighted by molar-refractivity contribution is 5.78. The van der Waals surface area contributed by atoms with Crippen molar-refractivity contribution in [2.45, 2.75) is 25.3 Å². The number of carboxylic acid groups (broad SMARTS) is 1. The van der Waals surface area contributed by atoms with Crippen molar-refractivity contribution in [2.24, 2.45) is 5.73 Å². The molecule has 0 fully saturated rings. The van der Waals surface area contributed by atoms with Crippen molar-refractivity contribution in [1.29, 1.82) is 5.26 Å². The Bertz CT molecular complexity index is 482. The minimum atomic E-state index is -1.40. The van der Waals surface area contributed by atoms with Crippen molar-refractivity contribution >= 4 is 5.97 Å². The van der Waals surface area contributed by atoms with Crippen LogP contribution in [0, 0.1) is 17.1 Å². The third-order valence-corrected chi connectivity index (χ3v) is 2.73. The summed E-state index contributed by atoms with van der Waals surface area (Å²) >= 11 is 0. The van der Waals surface area contributed by atoms with E-state index in [0.29, 0.717) is 5.56 Å². The molecule has 0 spiro atoms. The maximum atomic E-state index is 13.3. The zero-order valence-electron chi connectivity index (χ0n) is 9.40. The smallest absolute Gasteiger partial charge is 0.324 e. The lowest BCUT2D eigenvalue weighted by Crippen LogP contribution is -2.49. The van der Waals surface area contributed by atoms with Crippen molar-refractivity contribution < 1.29 is 14.3 Å². The van der Waals surface area contributed by atoms with Gasteiger partial charge in [0.05, 0.1) is 5.56 Å². The summed E-state index contributed by atoms with van der Waals surface area (Å²) in [6, 6.07) is 5.69. The highest BCUT2D eigenvalue weighted by Crippen LogP contribution is 2.17. The number of benzene rings is 1. The fourth-order valence-electron chi connectivity index (χ4n) is 1.48. The van der Waals surface area contributed by atoms with Crippen LogP contribution in [0.15, 0.2) is 18.2 Å². The maximum absolute atomic E-state index is 13.3. The van der Waals surface area contributed by atoms with E-state index in [-0.39, 0.29) is 18.4 Å². The van der Waals surface area contributed by atoms with E-state index in [1.807, 2.05) is 0 Å². The molecule has 1 aromatic carbocycles. The first-order valence-electron chi connectivity index (χ1n) is 5.13. The number of hydrogen-bond donors (Lipinski definition) is 2. The summed E-state index contributed by atoms with van der Waals surface area (Å²) < 4.78 is 13.3. The third kappa shape index (κ3) is 2.80. The molecule has 0 amide bonds. The Kier molecular flexibility index (Phi) is 3.81. The van der Waals surface area contributed by atoms with Crippen molar-refractivity contribution in [1.82, 2.24) is 0 Å². The summed E-state index contributed by atoms with van der Waals surface area (Å²) in [5, 5.41) is 17.6. The molecular formula is C12H13FN2O2. The molecule has 4 nitrogen and oxygen atoms in total. The lowest BCUT2D eigenvalue weighted by atomic mass is 9.89. The lowest BCUT2D eigenvalue weighted by molar-refractivity contribution is -0.143. The molecular weight excluding hydrogens is 223 g/mol. The first-order valence-corrected chi connectivity index (χ1v) is 5.13. The van der Waals surface area contributed by atoms with Crippen LogP contribution in [-0.2, 0) is 11.2 Å². The van der Waals surface area contributed by atoms with Crippen LogP contribution in [0.2, 0.25) is 0 Å². The molecule has 90 valence electrons. The highest BCUT2D eigenvalue weighted by atomic mass is 19.1. The van der Waals surface area contributed by atoms with Crippen molar-refractivity contribution in [3.63, 3.8) is 0 Å². The predicted molar refractivity (Wildman–Crippen MR) is 59.7 cm³/mol.